The molecule has 0 saturated carbocycles. The molecule has 0 saturated heterocycles. The number of hydrogen-bond acceptors (Lipinski definition) is 11. The number of aliphatic hydroxyl groups excluding tert-OH is 2. The first-order valence-electron chi connectivity index (χ1n) is 8.28. The Morgan fingerprint density at radius 1 is 0.581 bits per heavy atom. The SMILES string of the molecule is CC(=O)CC(=O)[O-].CC(=O)CC(=O)[O-].CC(=O)CC(=O)[O-].CC(C)O.CC(C)O.[Ti+2].[Zr+4]. The smallest absolute Gasteiger partial charge is 0.550 e. The van der Waals surface area contributed by atoms with E-state index in [9.17, 15) is 44.1 Å². The average molecular weight is 563 g/mol. The van der Waals surface area contributed by atoms with E-state index in [-0.39, 0.29) is 77.5 Å². The minimum absolute atomic E-state index is 0. The largest absolute Gasteiger partial charge is 4.00 e. The third-order valence-electron chi connectivity index (χ3n) is 1.18. The molecular formula is C18H31O11TiZr+3. The summed E-state index contributed by atoms with van der Waals surface area (Å²) in [7, 11) is 0. The molecule has 0 rings (SSSR count). The van der Waals surface area contributed by atoms with Gasteiger partial charge in [-0.2, -0.15) is 0 Å². The summed E-state index contributed by atoms with van der Waals surface area (Å²) in [6, 6.07) is 0. The van der Waals surface area contributed by atoms with Crippen LogP contribution in [0.4, 0.5) is 0 Å². The number of carboxylic acid groups (broad SMARTS) is 3. The fourth-order valence-electron chi connectivity index (χ4n) is 0.610. The van der Waals surface area contributed by atoms with Crippen molar-refractivity contribution in [2.24, 2.45) is 0 Å². The number of aliphatic carboxylic acids is 3. The second-order valence-corrected chi connectivity index (χ2v) is 5.94. The fraction of sp³-hybridized carbons (Fsp3) is 0.667. The molecule has 2 N–H and O–H groups in total. The van der Waals surface area contributed by atoms with Gasteiger partial charge in [0.05, 0.1) is 0 Å². The number of carboxylic acids is 3. The molecule has 174 valence electrons. The molecule has 0 unspecified atom stereocenters. The van der Waals surface area contributed by atoms with E-state index in [4.69, 9.17) is 10.2 Å². The fourth-order valence-corrected chi connectivity index (χ4v) is 0.610. The summed E-state index contributed by atoms with van der Waals surface area (Å²) in [5, 5.41) is 44.5. The summed E-state index contributed by atoms with van der Waals surface area (Å²) in [5.41, 5.74) is 0. The van der Waals surface area contributed by atoms with Gasteiger partial charge < -0.3 is 39.9 Å². The number of Topliss-reactive ketones (excluding diaryl/α,β-unsaturated/α-hetero) is 3. The quantitative estimate of drug-likeness (QED) is 0.245. The number of aliphatic hydroxyl groups is 2. The molecule has 0 spiro atoms. The second-order valence-electron chi connectivity index (χ2n) is 5.94. The molecule has 0 aliphatic carbocycles. The van der Waals surface area contributed by atoms with Gasteiger partial charge in [0.25, 0.3) is 0 Å². The van der Waals surface area contributed by atoms with Crippen LogP contribution in [0.15, 0.2) is 0 Å². The molecule has 0 amide bonds. The van der Waals surface area contributed by atoms with Crippen molar-refractivity contribution in [1.82, 2.24) is 0 Å². The molecule has 0 bridgehead atoms. The zero-order chi connectivity index (χ0) is 24.7. The van der Waals surface area contributed by atoms with Crippen LogP contribution < -0.4 is 15.3 Å². The maximum Gasteiger partial charge on any atom is 4.00 e. The van der Waals surface area contributed by atoms with Crippen LogP contribution in [-0.2, 0) is 76.7 Å². The Bertz CT molecular complexity index is 397. The van der Waals surface area contributed by atoms with E-state index in [2.05, 4.69) is 0 Å². The number of carbonyl (C=O) groups excluding carboxylic acids is 6. The van der Waals surface area contributed by atoms with Crippen molar-refractivity contribution in [3.05, 3.63) is 0 Å². The summed E-state index contributed by atoms with van der Waals surface area (Å²) >= 11 is 0. The van der Waals surface area contributed by atoms with E-state index >= 15 is 0 Å². The predicted octanol–water partition coefficient (Wildman–Crippen LogP) is -3.08. The Kier molecular flexibility index (Phi) is 51.6. The molecule has 0 aliphatic rings. The van der Waals surface area contributed by atoms with Gasteiger partial charge in [-0.25, -0.2) is 0 Å². The van der Waals surface area contributed by atoms with Gasteiger partial charge >= 0.3 is 47.9 Å². The van der Waals surface area contributed by atoms with Gasteiger partial charge in [-0.05, 0) is 48.5 Å². The van der Waals surface area contributed by atoms with E-state index in [1.807, 2.05) is 0 Å². The normalized spacial score (nSPS) is 7.84. The van der Waals surface area contributed by atoms with E-state index in [1.54, 1.807) is 27.7 Å². The van der Waals surface area contributed by atoms with Gasteiger partial charge in [0.15, 0.2) is 0 Å². The van der Waals surface area contributed by atoms with Crippen LogP contribution in [0, 0.1) is 0 Å². The van der Waals surface area contributed by atoms with Crippen molar-refractivity contribution in [3.63, 3.8) is 0 Å². The molecule has 0 aliphatic heterocycles. The molecule has 0 atom stereocenters. The zero-order valence-electron chi connectivity index (χ0n) is 18.8. The van der Waals surface area contributed by atoms with Crippen LogP contribution in [0.1, 0.15) is 67.7 Å². The third-order valence-corrected chi connectivity index (χ3v) is 1.18. The molecule has 31 heavy (non-hydrogen) atoms. The van der Waals surface area contributed by atoms with Gasteiger partial charge in [-0.3, -0.25) is 14.4 Å². The molecule has 0 aromatic carbocycles. The predicted molar refractivity (Wildman–Crippen MR) is 95.6 cm³/mol. The Morgan fingerprint density at radius 2 is 0.677 bits per heavy atom. The molecule has 11 nitrogen and oxygen atoms in total. The molecule has 13 heteroatoms. The zero-order valence-corrected chi connectivity index (χ0v) is 22.9. The molecular weight excluding hydrogens is 531 g/mol. The Hall–Kier alpha value is -1.06. The molecule has 0 fully saturated rings. The van der Waals surface area contributed by atoms with E-state index in [0.717, 1.165) is 0 Å². The summed E-state index contributed by atoms with van der Waals surface area (Å²) in [6.45, 7) is 10.5. The maximum absolute atomic E-state index is 9.83. The van der Waals surface area contributed by atoms with E-state index < -0.39 is 37.2 Å². The number of carbonyl (C=O) groups is 6. The summed E-state index contributed by atoms with van der Waals surface area (Å²) in [4.78, 5) is 57.9. The van der Waals surface area contributed by atoms with Crippen LogP contribution in [-0.4, -0.2) is 57.7 Å². The van der Waals surface area contributed by atoms with Crippen LogP contribution in [0.2, 0.25) is 0 Å². The van der Waals surface area contributed by atoms with Crippen molar-refractivity contribution in [2.75, 3.05) is 0 Å². The van der Waals surface area contributed by atoms with Crippen molar-refractivity contribution < 1.29 is 102 Å². The summed E-state index contributed by atoms with van der Waals surface area (Å²) in [5.74, 6) is -5.06. The Morgan fingerprint density at radius 3 is 0.677 bits per heavy atom. The maximum atomic E-state index is 9.83. The summed E-state index contributed by atoms with van der Waals surface area (Å²) < 4.78 is 0. The monoisotopic (exact) mass is 561 g/mol. The van der Waals surface area contributed by atoms with Gasteiger partial charge in [0.1, 0.15) is 17.3 Å². The second kappa shape index (κ2) is 33.6. The molecule has 0 aromatic heterocycles. The number of ketones is 3. The van der Waals surface area contributed by atoms with E-state index in [1.165, 1.54) is 20.8 Å². The van der Waals surface area contributed by atoms with Gasteiger partial charge in [-0.1, -0.05) is 0 Å². The van der Waals surface area contributed by atoms with Crippen LogP contribution in [0.3, 0.4) is 0 Å². The van der Waals surface area contributed by atoms with Gasteiger partial charge in [-0.15, -0.1) is 0 Å². The summed E-state index contributed by atoms with van der Waals surface area (Å²) in [6.07, 6.45) is -1.75. The number of rotatable bonds is 6. The Balaban J connectivity index is -0.0000000467. The molecule has 0 aromatic rings. The Labute approximate surface area is 216 Å². The van der Waals surface area contributed by atoms with Gasteiger partial charge in [0.2, 0.25) is 0 Å². The molecule has 0 heterocycles. The van der Waals surface area contributed by atoms with Crippen molar-refractivity contribution in [2.45, 2.75) is 79.9 Å². The standard InChI is InChI=1S/3C4H6O3.2C3H8O.Ti.Zr/c3*1-3(5)2-4(6)7;2*1-3(2)4;;/h3*2H2,1H3,(H,6,7);2*3-4H,1-2H3;;/q;;;;;+2;+4/p-3. The number of hydrogen-bond donors (Lipinski definition) is 2. The van der Waals surface area contributed by atoms with E-state index in [0.29, 0.717) is 0 Å². The minimum atomic E-state index is -1.31. The molecule has 0 radical (unpaired) electrons. The minimum Gasteiger partial charge on any atom is -0.550 e. The third kappa shape index (κ3) is 176. The topological polar surface area (TPSA) is 212 Å². The van der Waals surface area contributed by atoms with Crippen molar-refractivity contribution in [1.29, 1.82) is 0 Å². The van der Waals surface area contributed by atoms with Gasteiger partial charge in [0, 0.05) is 49.4 Å². The van der Waals surface area contributed by atoms with Crippen molar-refractivity contribution >= 4 is 35.3 Å². The average Bonchev–Trinajstić information content (AvgIpc) is 2.32. The van der Waals surface area contributed by atoms with Crippen LogP contribution in [0.25, 0.3) is 0 Å². The first-order valence-corrected chi connectivity index (χ1v) is 8.28. The first-order chi connectivity index (χ1) is 12.8. The van der Waals surface area contributed by atoms with Crippen LogP contribution in [0.5, 0.6) is 0 Å². The van der Waals surface area contributed by atoms with Crippen LogP contribution >= 0.6 is 0 Å². The first kappa shape index (κ1) is 47.6. The van der Waals surface area contributed by atoms with Crippen molar-refractivity contribution in [3.8, 4) is 0 Å².